The normalized spacial score (nSPS) is 19.6. The van der Waals surface area contributed by atoms with Crippen LogP contribution in [0.1, 0.15) is 43.1 Å². The number of carbonyl (C=O) groups excluding carboxylic acids is 2. The summed E-state index contributed by atoms with van der Waals surface area (Å²) in [5.74, 6) is -0.175. The van der Waals surface area contributed by atoms with Crippen LogP contribution in [0, 0.1) is 10.1 Å². The minimum Gasteiger partial charge on any atom is -0.356 e. The zero-order valence-corrected chi connectivity index (χ0v) is 20.7. The molecule has 9 nitrogen and oxygen atoms in total. The van der Waals surface area contributed by atoms with E-state index in [0.29, 0.717) is 18.5 Å². The van der Waals surface area contributed by atoms with Crippen molar-refractivity contribution in [2.75, 3.05) is 32.7 Å². The van der Waals surface area contributed by atoms with E-state index in [0.717, 1.165) is 48.2 Å². The zero-order valence-electron chi connectivity index (χ0n) is 20.7. The van der Waals surface area contributed by atoms with Crippen molar-refractivity contribution >= 4 is 28.4 Å². The van der Waals surface area contributed by atoms with Gasteiger partial charge in [0.05, 0.1) is 37.1 Å². The maximum absolute atomic E-state index is 13.7. The van der Waals surface area contributed by atoms with Crippen molar-refractivity contribution in [2.24, 2.45) is 0 Å². The lowest BCUT2D eigenvalue weighted by molar-refractivity contribution is -0.896. The number of hydrogen-bond acceptors (Lipinski definition) is 4. The number of hydrogen-bond donors (Lipinski definition) is 2. The molecule has 188 valence electrons. The fourth-order valence-corrected chi connectivity index (χ4v) is 5.79. The highest BCUT2D eigenvalue weighted by atomic mass is 16.6. The Kier molecular flexibility index (Phi) is 6.49. The summed E-state index contributed by atoms with van der Waals surface area (Å²) < 4.78 is 0. The number of quaternary nitrogens is 1. The summed E-state index contributed by atoms with van der Waals surface area (Å²) in [5.41, 5.74) is 3.34. The number of nitrogens with zero attached hydrogens (tertiary/aromatic N) is 3. The molecule has 3 aromatic rings. The molecule has 1 saturated heterocycles. The van der Waals surface area contributed by atoms with Gasteiger partial charge in [-0.15, -0.1) is 0 Å². The lowest BCUT2D eigenvalue weighted by Crippen LogP contribution is -3.11. The highest BCUT2D eigenvalue weighted by Crippen LogP contribution is 2.43. The molecular formula is C27H32N5O4+. The Morgan fingerprint density at radius 2 is 1.89 bits per heavy atom. The average Bonchev–Trinajstić information content (AvgIpc) is 3.26. The lowest BCUT2D eigenvalue weighted by atomic mass is 9.86. The predicted octanol–water partition coefficient (Wildman–Crippen LogP) is 2.08. The molecule has 0 aliphatic carbocycles. The van der Waals surface area contributed by atoms with Gasteiger partial charge in [-0.05, 0) is 31.0 Å². The van der Waals surface area contributed by atoms with Crippen LogP contribution in [0.25, 0.3) is 10.9 Å². The number of amides is 2. The van der Waals surface area contributed by atoms with E-state index in [9.17, 15) is 19.7 Å². The molecule has 2 aliphatic rings. The average molecular weight is 491 g/mol. The molecule has 2 atom stereocenters. The maximum Gasteiger partial charge on any atom is 0.269 e. The van der Waals surface area contributed by atoms with Gasteiger partial charge in [0.2, 0.25) is 11.8 Å². The molecule has 0 unspecified atom stereocenters. The van der Waals surface area contributed by atoms with Crippen LogP contribution >= 0.6 is 0 Å². The Hall–Kier alpha value is -3.72. The molecule has 1 fully saturated rings. The second-order valence-electron chi connectivity index (χ2n) is 9.66. The molecule has 2 aliphatic heterocycles. The summed E-state index contributed by atoms with van der Waals surface area (Å²) >= 11 is 0. The van der Waals surface area contributed by atoms with Gasteiger partial charge in [-0.2, -0.15) is 0 Å². The van der Waals surface area contributed by atoms with Gasteiger partial charge in [-0.1, -0.05) is 30.3 Å². The van der Waals surface area contributed by atoms with E-state index in [2.05, 4.69) is 18.8 Å². The molecular weight excluding hydrogens is 458 g/mol. The molecule has 9 heteroatoms. The monoisotopic (exact) mass is 490 g/mol. The van der Waals surface area contributed by atoms with Crippen molar-refractivity contribution in [2.45, 2.75) is 38.8 Å². The van der Waals surface area contributed by atoms with Gasteiger partial charge < -0.3 is 19.7 Å². The van der Waals surface area contributed by atoms with Crippen LogP contribution in [0.5, 0.6) is 0 Å². The van der Waals surface area contributed by atoms with Gasteiger partial charge in [0.25, 0.3) is 5.69 Å². The van der Waals surface area contributed by atoms with Crippen molar-refractivity contribution in [3.63, 3.8) is 0 Å². The molecule has 2 amide bonds. The highest BCUT2D eigenvalue weighted by Gasteiger charge is 2.48. The van der Waals surface area contributed by atoms with E-state index >= 15 is 0 Å². The Labute approximate surface area is 209 Å². The fourth-order valence-electron chi connectivity index (χ4n) is 5.79. The largest absolute Gasteiger partial charge is 0.356 e. The first-order chi connectivity index (χ1) is 17.4. The number of benzene rings is 2. The highest BCUT2D eigenvalue weighted by molar-refractivity contribution is 5.97. The van der Waals surface area contributed by atoms with Crippen LogP contribution < -0.4 is 4.90 Å². The smallest absolute Gasteiger partial charge is 0.269 e. The van der Waals surface area contributed by atoms with Crippen molar-refractivity contribution in [1.29, 1.82) is 0 Å². The Bertz CT molecular complexity index is 1310. The Morgan fingerprint density at radius 3 is 2.64 bits per heavy atom. The lowest BCUT2D eigenvalue weighted by Gasteiger charge is -2.47. The van der Waals surface area contributed by atoms with E-state index < -0.39 is 17.0 Å². The number of nitrogens with one attached hydrogen (secondary N) is 2. The Morgan fingerprint density at radius 1 is 1.11 bits per heavy atom. The summed E-state index contributed by atoms with van der Waals surface area (Å²) in [5, 5.41) is 12.5. The summed E-state index contributed by atoms with van der Waals surface area (Å²) in [6.07, 6.45) is 1.27. The van der Waals surface area contributed by atoms with Gasteiger partial charge in [0.1, 0.15) is 6.04 Å². The van der Waals surface area contributed by atoms with Crippen molar-refractivity contribution in [3.8, 4) is 0 Å². The third kappa shape index (κ3) is 4.13. The molecule has 0 spiro atoms. The maximum atomic E-state index is 13.7. The van der Waals surface area contributed by atoms with Crippen LogP contribution in [0.4, 0.5) is 5.69 Å². The van der Waals surface area contributed by atoms with E-state index in [4.69, 9.17) is 0 Å². The molecule has 36 heavy (non-hydrogen) atoms. The molecule has 0 bridgehead atoms. The van der Waals surface area contributed by atoms with Gasteiger partial charge >= 0.3 is 0 Å². The number of H-pyrrole nitrogens is 1. The van der Waals surface area contributed by atoms with E-state index in [-0.39, 0.29) is 24.0 Å². The summed E-state index contributed by atoms with van der Waals surface area (Å²) in [6, 6.07) is 13.1. The minimum atomic E-state index is -0.636. The van der Waals surface area contributed by atoms with Gasteiger partial charge in [-0.3, -0.25) is 19.7 Å². The van der Waals surface area contributed by atoms with E-state index in [1.807, 2.05) is 24.3 Å². The number of nitro benzene ring substituents is 1. The summed E-state index contributed by atoms with van der Waals surface area (Å²) in [6.45, 7) is 7.93. The zero-order chi connectivity index (χ0) is 25.4. The number of carbonyl (C=O) groups is 2. The molecule has 1 aromatic heterocycles. The molecule has 2 N–H and O–H groups in total. The van der Waals surface area contributed by atoms with Crippen molar-refractivity contribution in [1.82, 2.24) is 14.8 Å². The predicted molar refractivity (Wildman–Crippen MR) is 136 cm³/mol. The van der Waals surface area contributed by atoms with E-state index in [1.54, 1.807) is 21.9 Å². The summed E-state index contributed by atoms with van der Waals surface area (Å²) in [4.78, 5) is 46.7. The number of nitro groups is 1. The number of aromatic amines is 1. The first-order valence-electron chi connectivity index (χ1n) is 12.7. The van der Waals surface area contributed by atoms with Gasteiger partial charge in [0.15, 0.2) is 0 Å². The van der Waals surface area contributed by atoms with Crippen LogP contribution in [0.15, 0.2) is 48.5 Å². The topological polar surface area (TPSA) is 104 Å². The first-order valence-corrected chi connectivity index (χ1v) is 12.7. The van der Waals surface area contributed by atoms with Crippen molar-refractivity contribution < 1.29 is 19.4 Å². The van der Waals surface area contributed by atoms with Crippen LogP contribution in [0.3, 0.4) is 0 Å². The van der Waals surface area contributed by atoms with Gasteiger partial charge in [-0.25, -0.2) is 0 Å². The SMILES string of the molecule is CC[NH+](CC)CCCN1CC(=O)N2[C@@H](c3cccc([N+](=O)[O-])c3)c3[nH]c4ccccc4c3C[C@H]2C1=O. The van der Waals surface area contributed by atoms with E-state index in [1.165, 1.54) is 17.0 Å². The standard InChI is InChI=1S/C27H31N5O4/c1-3-29(4-2)13-8-14-30-17-24(33)31-23(27(30)34)16-21-20-11-5-6-12-22(20)28-25(21)26(31)18-9-7-10-19(15-18)32(35)36/h5-7,9-12,15,23,26,28H,3-4,8,13-14,16-17H2,1-2H3/p+1/t23-,26-/m0/s1. The number of piperazine rings is 1. The quantitative estimate of drug-likeness (QED) is 0.373. The number of para-hydroxylation sites is 1. The number of fused-ring (bicyclic) bond motifs is 4. The minimum absolute atomic E-state index is 0.0317. The second-order valence-corrected chi connectivity index (χ2v) is 9.66. The number of rotatable bonds is 8. The van der Waals surface area contributed by atoms with Crippen molar-refractivity contribution in [3.05, 3.63) is 75.5 Å². The third-order valence-electron chi connectivity index (χ3n) is 7.70. The second kappa shape index (κ2) is 9.73. The Balaban J connectivity index is 1.53. The van der Waals surface area contributed by atoms with Crippen LogP contribution in [-0.2, 0) is 16.0 Å². The first kappa shape index (κ1) is 24.0. The third-order valence-corrected chi connectivity index (χ3v) is 7.70. The molecule has 0 saturated carbocycles. The van der Waals surface area contributed by atoms with Gasteiger partial charge in [0, 0.05) is 48.1 Å². The molecule has 3 heterocycles. The number of non-ortho nitro benzene ring substituents is 1. The molecule has 5 rings (SSSR count). The summed E-state index contributed by atoms with van der Waals surface area (Å²) in [7, 11) is 0. The number of aromatic nitrogens is 1. The fraction of sp³-hybridized carbons (Fsp3) is 0.407. The van der Waals surface area contributed by atoms with Crippen LogP contribution in [0.2, 0.25) is 0 Å². The molecule has 0 radical (unpaired) electrons. The molecule has 2 aromatic carbocycles. The van der Waals surface area contributed by atoms with Crippen LogP contribution in [-0.4, -0.2) is 70.3 Å².